The summed E-state index contributed by atoms with van der Waals surface area (Å²) in [4.78, 5) is 28.3. The molecule has 1 atom stereocenters. The van der Waals surface area contributed by atoms with Crippen LogP contribution < -0.4 is 10.2 Å². The number of halogens is 1. The number of amides is 2. The largest absolute Gasteiger partial charge is 0.467 e. The predicted molar refractivity (Wildman–Crippen MR) is 151 cm³/mol. The average Bonchev–Trinajstić information content (AvgIpc) is 3.52. The number of aryl methyl sites for hydroxylation is 1. The molecule has 0 saturated carbocycles. The fourth-order valence-electron chi connectivity index (χ4n) is 4.76. The first-order valence-corrected chi connectivity index (χ1v) is 13.8. The van der Waals surface area contributed by atoms with Crippen LogP contribution in [0.1, 0.15) is 54.2 Å². The van der Waals surface area contributed by atoms with Crippen molar-refractivity contribution in [3.63, 3.8) is 0 Å². The predicted octanol–water partition coefficient (Wildman–Crippen LogP) is 5.70. The van der Waals surface area contributed by atoms with Crippen molar-refractivity contribution in [3.8, 4) is 5.69 Å². The van der Waals surface area contributed by atoms with E-state index in [9.17, 15) is 14.0 Å². The van der Waals surface area contributed by atoms with E-state index in [0.717, 1.165) is 22.4 Å². The molecule has 1 unspecified atom stereocenters. The van der Waals surface area contributed by atoms with Crippen LogP contribution in [0.25, 0.3) is 5.69 Å². The number of anilines is 1. The van der Waals surface area contributed by atoms with Crippen molar-refractivity contribution in [2.45, 2.75) is 44.9 Å². The van der Waals surface area contributed by atoms with Crippen LogP contribution in [0.5, 0.6) is 0 Å². The minimum atomic E-state index is -0.415. The van der Waals surface area contributed by atoms with Gasteiger partial charge in [-0.2, -0.15) is 5.10 Å². The lowest BCUT2D eigenvalue weighted by Crippen LogP contribution is -2.42. The number of nitrogens with one attached hydrogen (secondary N) is 1. The van der Waals surface area contributed by atoms with Crippen LogP contribution >= 0.6 is 11.8 Å². The van der Waals surface area contributed by atoms with Crippen molar-refractivity contribution < 1.29 is 18.4 Å². The molecular formula is C30H31FN4O3S. The van der Waals surface area contributed by atoms with E-state index in [1.165, 1.54) is 28.8 Å². The topological polar surface area (TPSA) is 80.4 Å². The van der Waals surface area contributed by atoms with Crippen LogP contribution in [0.15, 0.2) is 71.3 Å². The van der Waals surface area contributed by atoms with Crippen LogP contribution in [0, 0.1) is 12.7 Å². The first kappa shape index (κ1) is 26.7. The number of thioether (sulfide) groups is 1. The fourth-order valence-corrected chi connectivity index (χ4v) is 5.94. The highest BCUT2D eigenvalue weighted by atomic mass is 32.2. The van der Waals surface area contributed by atoms with Crippen molar-refractivity contribution in [2.75, 3.05) is 17.2 Å². The minimum Gasteiger partial charge on any atom is -0.467 e. The van der Waals surface area contributed by atoms with E-state index in [1.807, 2.05) is 19.1 Å². The van der Waals surface area contributed by atoms with E-state index in [1.54, 1.807) is 35.2 Å². The molecule has 0 spiro atoms. The number of furan rings is 1. The molecule has 9 heteroatoms. The highest BCUT2D eigenvalue weighted by Gasteiger charge is 2.40. The lowest BCUT2D eigenvalue weighted by molar-refractivity contribution is -0.123. The number of nitrogens with zero attached hydrogens (tertiary/aromatic N) is 3. The zero-order valence-corrected chi connectivity index (χ0v) is 23.2. The summed E-state index contributed by atoms with van der Waals surface area (Å²) in [7, 11) is 0. The maximum Gasteiger partial charge on any atom is 0.240 e. The maximum atomic E-state index is 14.4. The molecular weight excluding hydrogens is 515 g/mol. The SMILES string of the molecule is Cc1cccc(C2SCC(=O)N(CC(=O)NCc3ccco3)c3c2c(C(C)(C)C)nn3-c2cccc(F)c2)c1. The number of benzene rings is 2. The number of rotatable bonds is 6. The monoisotopic (exact) mass is 546 g/mol. The summed E-state index contributed by atoms with van der Waals surface area (Å²) in [6.07, 6.45) is 1.54. The Kier molecular flexibility index (Phi) is 7.36. The van der Waals surface area contributed by atoms with Gasteiger partial charge in [-0.05, 0) is 42.8 Å². The minimum absolute atomic E-state index is 0.172. The smallest absolute Gasteiger partial charge is 0.240 e. The highest BCUT2D eigenvalue weighted by molar-refractivity contribution is 8.00. The van der Waals surface area contributed by atoms with E-state index in [2.05, 4.69) is 38.2 Å². The van der Waals surface area contributed by atoms with Crippen LogP contribution in [0.2, 0.25) is 0 Å². The van der Waals surface area contributed by atoms with Crippen molar-refractivity contribution in [3.05, 3.63) is 101 Å². The fraction of sp³-hybridized carbons (Fsp3) is 0.300. The first-order chi connectivity index (χ1) is 18.6. The van der Waals surface area contributed by atoms with Gasteiger partial charge in [0.15, 0.2) is 0 Å². The molecule has 3 heterocycles. The van der Waals surface area contributed by atoms with Crippen LogP contribution in [-0.4, -0.2) is 33.9 Å². The molecule has 1 aliphatic heterocycles. The lowest BCUT2D eigenvalue weighted by atomic mass is 9.87. The Balaban J connectivity index is 1.68. The summed E-state index contributed by atoms with van der Waals surface area (Å²) in [5, 5.41) is 7.61. The third kappa shape index (κ3) is 5.63. The Bertz CT molecular complexity index is 1510. The third-order valence-electron chi connectivity index (χ3n) is 6.54. The molecule has 1 N–H and O–H groups in total. The van der Waals surface area contributed by atoms with Crippen LogP contribution in [0.3, 0.4) is 0 Å². The standard InChI is InChI=1S/C30H31FN4O3S/c1-19-8-5-9-20(14-19)27-26-28(30(2,3)4)33-35(22-11-6-10-21(31)15-22)29(26)34(25(37)18-39-27)17-24(36)32-16-23-12-7-13-38-23/h5-15,27H,16-18H2,1-4H3,(H,32,36). The second kappa shape index (κ2) is 10.7. The maximum absolute atomic E-state index is 14.4. The summed E-state index contributed by atoms with van der Waals surface area (Å²) in [6, 6.07) is 17.8. The van der Waals surface area contributed by atoms with Crippen LogP contribution in [-0.2, 0) is 21.5 Å². The van der Waals surface area contributed by atoms with Gasteiger partial charge in [0, 0.05) is 11.0 Å². The van der Waals surface area contributed by atoms with Crippen molar-refractivity contribution in [1.82, 2.24) is 15.1 Å². The van der Waals surface area contributed by atoms with Gasteiger partial charge in [-0.25, -0.2) is 9.07 Å². The van der Waals surface area contributed by atoms with Gasteiger partial charge in [0.25, 0.3) is 0 Å². The second-order valence-electron chi connectivity index (χ2n) is 10.7. The summed E-state index contributed by atoms with van der Waals surface area (Å²) in [6.45, 7) is 8.23. The van der Waals surface area contributed by atoms with Crippen molar-refractivity contribution in [2.24, 2.45) is 0 Å². The van der Waals surface area contributed by atoms with E-state index in [4.69, 9.17) is 9.52 Å². The van der Waals surface area contributed by atoms with E-state index in [0.29, 0.717) is 17.3 Å². The Labute approximate surface area is 231 Å². The van der Waals surface area contributed by atoms with Gasteiger partial charge in [-0.3, -0.25) is 14.5 Å². The number of hydrogen-bond donors (Lipinski definition) is 1. The quantitative estimate of drug-likeness (QED) is 0.336. The molecule has 4 aromatic rings. The van der Waals surface area contributed by atoms with Gasteiger partial charge in [0.1, 0.15) is 23.9 Å². The number of aromatic nitrogens is 2. The molecule has 1 aliphatic rings. The zero-order chi connectivity index (χ0) is 27.7. The summed E-state index contributed by atoms with van der Waals surface area (Å²) in [5.74, 6) is 0.296. The summed E-state index contributed by atoms with van der Waals surface area (Å²) in [5.41, 5.74) is 3.87. The molecule has 0 fully saturated rings. The molecule has 7 nitrogen and oxygen atoms in total. The summed E-state index contributed by atoms with van der Waals surface area (Å²) < 4.78 is 21.4. The van der Waals surface area contributed by atoms with Crippen molar-refractivity contribution >= 4 is 29.4 Å². The number of fused-ring (bicyclic) bond motifs is 1. The first-order valence-electron chi connectivity index (χ1n) is 12.8. The van der Waals surface area contributed by atoms with E-state index >= 15 is 0 Å². The summed E-state index contributed by atoms with van der Waals surface area (Å²) >= 11 is 1.52. The molecule has 0 aliphatic carbocycles. The van der Waals surface area contributed by atoms with Crippen molar-refractivity contribution in [1.29, 1.82) is 0 Å². The molecule has 2 aromatic heterocycles. The third-order valence-corrected chi connectivity index (χ3v) is 7.79. The van der Waals surface area contributed by atoms with Gasteiger partial charge >= 0.3 is 0 Å². The van der Waals surface area contributed by atoms with E-state index < -0.39 is 11.2 Å². The molecule has 0 bridgehead atoms. The molecule has 202 valence electrons. The number of carbonyl (C=O) groups excluding carboxylic acids is 2. The zero-order valence-electron chi connectivity index (χ0n) is 22.4. The van der Waals surface area contributed by atoms with Gasteiger partial charge in [-0.15, -0.1) is 11.8 Å². The molecule has 2 amide bonds. The Morgan fingerprint density at radius 2 is 1.95 bits per heavy atom. The Morgan fingerprint density at radius 3 is 2.64 bits per heavy atom. The lowest BCUT2D eigenvalue weighted by Gasteiger charge is -2.24. The second-order valence-corrected chi connectivity index (χ2v) is 11.8. The van der Waals surface area contributed by atoms with Gasteiger partial charge in [0.2, 0.25) is 11.8 Å². The van der Waals surface area contributed by atoms with Gasteiger partial charge in [-0.1, -0.05) is 56.7 Å². The Morgan fingerprint density at radius 1 is 1.15 bits per heavy atom. The number of hydrogen-bond acceptors (Lipinski definition) is 5. The normalized spacial score (nSPS) is 15.7. The van der Waals surface area contributed by atoms with Crippen LogP contribution in [0.4, 0.5) is 10.2 Å². The molecule has 39 heavy (non-hydrogen) atoms. The number of carbonyl (C=O) groups is 2. The van der Waals surface area contributed by atoms with E-state index in [-0.39, 0.29) is 35.9 Å². The molecule has 0 radical (unpaired) electrons. The molecule has 5 rings (SSSR count). The highest BCUT2D eigenvalue weighted by Crippen LogP contribution is 2.48. The molecule has 2 aromatic carbocycles. The van der Waals surface area contributed by atoms with Gasteiger partial charge in [0.05, 0.1) is 35.2 Å². The average molecular weight is 547 g/mol. The Hall–Kier alpha value is -3.85. The van der Waals surface area contributed by atoms with Gasteiger partial charge < -0.3 is 9.73 Å². The molecule has 0 saturated heterocycles.